The predicted octanol–water partition coefficient (Wildman–Crippen LogP) is 4.29. The van der Waals surface area contributed by atoms with Crippen LogP contribution in [0.3, 0.4) is 0 Å². The molecule has 3 nitrogen and oxygen atoms in total. The molecule has 0 saturated carbocycles. The largest absolute Gasteiger partial charge is 0.462 e. The quantitative estimate of drug-likeness (QED) is 0.755. The minimum atomic E-state index is -0.0305. The van der Waals surface area contributed by atoms with Crippen LogP contribution in [-0.2, 0) is 9.53 Å². The highest BCUT2D eigenvalue weighted by Crippen LogP contribution is 2.46. The van der Waals surface area contributed by atoms with Crippen LogP contribution in [0, 0.1) is 12.8 Å². The van der Waals surface area contributed by atoms with Gasteiger partial charge in [0, 0.05) is 18.0 Å². The van der Waals surface area contributed by atoms with E-state index in [4.69, 9.17) is 4.74 Å². The molecule has 0 amide bonds. The maximum atomic E-state index is 13.1. The lowest BCUT2D eigenvalue weighted by molar-refractivity contribution is -0.159. The third-order valence-electron chi connectivity index (χ3n) is 6.24. The summed E-state index contributed by atoms with van der Waals surface area (Å²) >= 11 is 0. The predicted molar refractivity (Wildman–Crippen MR) is 97.1 cm³/mol. The zero-order valence-electron chi connectivity index (χ0n) is 15.5. The Balaban J connectivity index is 1.87. The average molecular weight is 329 g/mol. The number of nitrogens with zero attached hydrogens (tertiary/aromatic N) is 1. The fourth-order valence-corrected chi connectivity index (χ4v) is 4.64. The molecule has 1 aromatic rings. The highest BCUT2D eigenvalue weighted by molar-refractivity contribution is 5.75. The van der Waals surface area contributed by atoms with Gasteiger partial charge in [0.25, 0.3) is 0 Å². The molecule has 0 radical (unpaired) electrons. The summed E-state index contributed by atoms with van der Waals surface area (Å²) in [6.07, 6.45) is 5.24. The van der Waals surface area contributed by atoms with Crippen molar-refractivity contribution in [2.45, 2.75) is 77.0 Å². The van der Waals surface area contributed by atoms with Crippen molar-refractivity contribution in [3.8, 4) is 0 Å². The number of aryl methyl sites for hydroxylation is 1. The smallest absolute Gasteiger partial charge is 0.311 e. The van der Waals surface area contributed by atoms with Crippen molar-refractivity contribution in [2.75, 3.05) is 7.05 Å². The summed E-state index contributed by atoms with van der Waals surface area (Å²) in [5, 5.41) is 0. The van der Waals surface area contributed by atoms with Crippen molar-refractivity contribution in [1.29, 1.82) is 0 Å². The Morgan fingerprint density at radius 1 is 1.21 bits per heavy atom. The van der Waals surface area contributed by atoms with Gasteiger partial charge in [0.15, 0.2) is 0 Å². The van der Waals surface area contributed by atoms with Gasteiger partial charge in [-0.3, -0.25) is 9.69 Å². The van der Waals surface area contributed by atoms with Gasteiger partial charge in [0.05, 0.1) is 5.92 Å². The van der Waals surface area contributed by atoms with Crippen LogP contribution in [0.4, 0.5) is 0 Å². The molecule has 0 aromatic heterocycles. The molecule has 2 fully saturated rings. The number of esters is 1. The Bertz CT molecular complexity index is 564. The van der Waals surface area contributed by atoms with Crippen LogP contribution in [-0.4, -0.2) is 36.1 Å². The minimum Gasteiger partial charge on any atom is -0.462 e. The molecular weight excluding hydrogens is 298 g/mol. The zero-order chi connectivity index (χ0) is 17.3. The Kier molecular flexibility index (Phi) is 5.29. The maximum absolute atomic E-state index is 13.1. The van der Waals surface area contributed by atoms with Gasteiger partial charge in [-0.05, 0) is 51.6 Å². The van der Waals surface area contributed by atoms with Crippen molar-refractivity contribution in [3.63, 3.8) is 0 Å². The molecule has 4 atom stereocenters. The number of hydrogen-bond acceptors (Lipinski definition) is 3. The summed E-state index contributed by atoms with van der Waals surface area (Å²) in [5.41, 5.74) is 2.57. The fraction of sp³-hybridized carbons (Fsp3) is 0.667. The Hall–Kier alpha value is -1.35. The molecule has 2 unspecified atom stereocenters. The van der Waals surface area contributed by atoms with Crippen LogP contribution in [0.25, 0.3) is 0 Å². The van der Waals surface area contributed by atoms with E-state index in [9.17, 15) is 4.79 Å². The monoisotopic (exact) mass is 329 g/mol. The van der Waals surface area contributed by atoms with Crippen molar-refractivity contribution in [1.82, 2.24) is 4.90 Å². The standard InChI is InChI=1S/C21H31NO2/c1-5-17(6-2)24-21(23)20-18(15-9-7-14(3)8-10-15)13-16-11-12-19(20)22(16)4/h7-10,16-20H,5-6,11-13H2,1-4H3/t16-,18-,19?,20?/m1/s1. The maximum Gasteiger partial charge on any atom is 0.311 e. The zero-order valence-corrected chi connectivity index (χ0v) is 15.5. The van der Waals surface area contributed by atoms with Crippen molar-refractivity contribution < 1.29 is 9.53 Å². The molecule has 3 heteroatoms. The second-order valence-electron chi connectivity index (χ2n) is 7.62. The van der Waals surface area contributed by atoms with Crippen molar-refractivity contribution in [3.05, 3.63) is 35.4 Å². The van der Waals surface area contributed by atoms with Gasteiger partial charge in [-0.15, -0.1) is 0 Å². The first-order valence-corrected chi connectivity index (χ1v) is 9.54. The van der Waals surface area contributed by atoms with E-state index in [0.29, 0.717) is 18.0 Å². The van der Waals surface area contributed by atoms with E-state index in [1.54, 1.807) is 0 Å². The van der Waals surface area contributed by atoms with Crippen LogP contribution in [0.1, 0.15) is 63.0 Å². The van der Waals surface area contributed by atoms with Crippen LogP contribution >= 0.6 is 0 Å². The number of benzene rings is 1. The van der Waals surface area contributed by atoms with Gasteiger partial charge in [-0.25, -0.2) is 0 Å². The normalized spacial score (nSPS) is 29.9. The summed E-state index contributed by atoms with van der Waals surface area (Å²) < 4.78 is 5.90. The van der Waals surface area contributed by atoms with Crippen molar-refractivity contribution in [2.24, 2.45) is 5.92 Å². The van der Waals surface area contributed by atoms with Gasteiger partial charge in [0.2, 0.25) is 0 Å². The lowest BCUT2D eigenvalue weighted by Crippen LogP contribution is -2.49. The van der Waals surface area contributed by atoms with E-state index in [1.165, 1.54) is 17.5 Å². The summed E-state index contributed by atoms with van der Waals surface area (Å²) in [4.78, 5) is 15.5. The molecule has 1 aromatic carbocycles. The third kappa shape index (κ3) is 3.23. The number of ether oxygens (including phenoxy) is 1. The van der Waals surface area contributed by atoms with E-state index in [2.05, 4.69) is 57.0 Å². The topological polar surface area (TPSA) is 29.5 Å². The summed E-state index contributed by atoms with van der Waals surface area (Å²) in [5.74, 6) is 0.282. The number of piperidine rings is 1. The minimum absolute atomic E-state index is 0.0199. The molecule has 0 spiro atoms. The summed E-state index contributed by atoms with van der Waals surface area (Å²) in [6, 6.07) is 9.69. The molecular formula is C21H31NO2. The molecule has 24 heavy (non-hydrogen) atoms. The Morgan fingerprint density at radius 2 is 1.88 bits per heavy atom. The molecule has 2 aliphatic heterocycles. The van der Waals surface area contributed by atoms with Crippen LogP contribution < -0.4 is 0 Å². The van der Waals surface area contributed by atoms with E-state index in [1.807, 2.05) is 0 Å². The van der Waals surface area contributed by atoms with Crippen LogP contribution in [0.2, 0.25) is 0 Å². The number of rotatable bonds is 5. The number of fused-ring (bicyclic) bond motifs is 2. The Morgan fingerprint density at radius 3 is 2.50 bits per heavy atom. The molecule has 2 saturated heterocycles. The first-order valence-electron chi connectivity index (χ1n) is 9.54. The molecule has 0 aliphatic carbocycles. The fourth-order valence-electron chi connectivity index (χ4n) is 4.64. The summed E-state index contributed by atoms with van der Waals surface area (Å²) in [6.45, 7) is 6.30. The average Bonchev–Trinajstić information content (AvgIpc) is 2.83. The molecule has 2 aliphatic rings. The van der Waals surface area contributed by atoms with E-state index in [-0.39, 0.29) is 18.0 Å². The van der Waals surface area contributed by atoms with Gasteiger partial charge in [-0.2, -0.15) is 0 Å². The van der Waals surface area contributed by atoms with E-state index in [0.717, 1.165) is 25.7 Å². The first kappa shape index (κ1) is 17.5. The molecule has 2 bridgehead atoms. The number of carbonyl (C=O) groups excluding carboxylic acids is 1. The molecule has 3 rings (SSSR count). The highest BCUT2D eigenvalue weighted by atomic mass is 16.5. The lowest BCUT2D eigenvalue weighted by Gasteiger charge is -2.42. The van der Waals surface area contributed by atoms with Gasteiger partial charge >= 0.3 is 5.97 Å². The SMILES string of the molecule is CCC(CC)OC(=O)C1C2CC[C@H](C[C@@H]1c1ccc(C)cc1)N2C. The number of carbonyl (C=O) groups is 1. The molecule has 132 valence electrons. The van der Waals surface area contributed by atoms with Crippen LogP contribution in [0.15, 0.2) is 24.3 Å². The van der Waals surface area contributed by atoms with E-state index < -0.39 is 0 Å². The van der Waals surface area contributed by atoms with Gasteiger partial charge in [0.1, 0.15) is 6.10 Å². The van der Waals surface area contributed by atoms with Gasteiger partial charge in [-0.1, -0.05) is 43.7 Å². The van der Waals surface area contributed by atoms with Gasteiger partial charge < -0.3 is 4.74 Å². The third-order valence-corrected chi connectivity index (χ3v) is 6.24. The second kappa shape index (κ2) is 7.26. The van der Waals surface area contributed by atoms with Crippen molar-refractivity contribution >= 4 is 5.97 Å². The van der Waals surface area contributed by atoms with E-state index >= 15 is 0 Å². The molecule has 0 N–H and O–H groups in total. The highest BCUT2D eigenvalue weighted by Gasteiger charge is 2.49. The molecule has 2 heterocycles. The van der Waals surface area contributed by atoms with Crippen LogP contribution in [0.5, 0.6) is 0 Å². The summed E-state index contributed by atoms with van der Waals surface area (Å²) in [7, 11) is 2.19. The second-order valence-corrected chi connectivity index (χ2v) is 7.62. The first-order chi connectivity index (χ1) is 11.5. The lowest BCUT2D eigenvalue weighted by atomic mass is 9.76. The Labute approximate surface area is 146 Å². The number of hydrogen-bond donors (Lipinski definition) is 0.